The highest BCUT2D eigenvalue weighted by Crippen LogP contribution is 2.55. The van der Waals surface area contributed by atoms with Crippen LogP contribution in [0.25, 0.3) is 0 Å². The van der Waals surface area contributed by atoms with Gasteiger partial charge in [-0.2, -0.15) is 10.2 Å². The van der Waals surface area contributed by atoms with Crippen LogP contribution in [-0.4, -0.2) is 48.9 Å². The first-order valence-corrected chi connectivity index (χ1v) is 10.7. The zero-order chi connectivity index (χ0) is 19.5. The lowest BCUT2D eigenvalue weighted by molar-refractivity contribution is -0.130. The smallest absolute Gasteiger partial charge is 0.222 e. The molecule has 150 valence electrons. The van der Waals surface area contributed by atoms with Gasteiger partial charge in [-0.1, -0.05) is 6.42 Å². The number of hydrogen-bond donors (Lipinski definition) is 1. The lowest BCUT2D eigenvalue weighted by Crippen LogP contribution is -2.38. The van der Waals surface area contributed by atoms with Crippen LogP contribution in [0.1, 0.15) is 79.0 Å². The number of nitrogens with one attached hydrogen (secondary N) is 1. The Balaban J connectivity index is 1.28. The molecule has 3 aliphatic rings. The van der Waals surface area contributed by atoms with Gasteiger partial charge in [-0.15, -0.1) is 0 Å². The lowest BCUT2D eigenvalue weighted by atomic mass is 9.62. The molecule has 5 rings (SSSR count). The summed E-state index contributed by atoms with van der Waals surface area (Å²) < 4.78 is 1.91. The van der Waals surface area contributed by atoms with Crippen LogP contribution in [0, 0.1) is 19.3 Å². The number of nitrogens with zero attached hydrogens (tertiary/aromatic N) is 5. The number of hydrogen-bond acceptors (Lipinski definition) is 4. The Morgan fingerprint density at radius 3 is 2.68 bits per heavy atom. The van der Waals surface area contributed by atoms with Crippen LogP contribution in [0.5, 0.6) is 0 Å². The number of aryl methyl sites for hydroxylation is 2. The van der Waals surface area contributed by atoms with Gasteiger partial charge in [0.05, 0.1) is 5.69 Å². The second-order valence-corrected chi connectivity index (χ2v) is 9.17. The molecule has 1 aliphatic heterocycles. The van der Waals surface area contributed by atoms with E-state index in [9.17, 15) is 4.79 Å². The van der Waals surface area contributed by atoms with Gasteiger partial charge in [0.25, 0.3) is 0 Å². The Labute approximate surface area is 165 Å². The van der Waals surface area contributed by atoms with Gasteiger partial charge in [0.1, 0.15) is 5.82 Å². The molecule has 1 atom stereocenters. The van der Waals surface area contributed by atoms with Crippen LogP contribution in [-0.2, 0) is 18.3 Å². The third-order valence-electron chi connectivity index (χ3n) is 7.39. The molecular formula is C21H30N6O. The third-order valence-corrected chi connectivity index (χ3v) is 7.39. The Bertz CT molecular complexity index is 904. The van der Waals surface area contributed by atoms with E-state index in [0.29, 0.717) is 18.3 Å². The molecule has 0 radical (unpaired) electrons. The van der Waals surface area contributed by atoms with E-state index in [4.69, 9.17) is 4.98 Å². The van der Waals surface area contributed by atoms with E-state index < -0.39 is 0 Å². The molecule has 1 N–H and O–H groups in total. The van der Waals surface area contributed by atoms with E-state index in [1.165, 1.54) is 37.7 Å². The molecule has 2 aromatic heterocycles. The quantitative estimate of drug-likeness (QED) is 0.862. The number of H-pyrrole nitrogens is 1. The molecule has 2 aromatic rings. The topological polar surface area (TPSA) is 79.7 Å². The van der Waals surface area contributed by atoms with Crippen molar-refractivity contribution in [1.29, 1.82) is 0 Å². The molecule has 2 aliphatic carbocycles. The van der Waals surface area contributed by atoms with E-state index in [2.05, 4.69) is 27.1 Å². The number of amides is 1. The van der Waals surface area contributed by atoms with Crippen molar-refractivity contribution in [3.63, 3.8) is 0 Å². The van der Waals surface area contributed by atoms with Gasteiger partial charge in [-0.05, 0) is 56.9 Å². The maximum atomic E-state index is 13.0. The van der Waals surface area contributed by atoms with Crippen LogP contribution in [0.15, 0.2) is 0 Å². The summed E-state index contributed by atoms with van der Waals surface area (Å²) in [6.07, 6.45) is 7.40. The van der Waals surface area contributed by atoms with Gasteiger partial charge in [0.2, 0.25) is 5.91 Å². The zero-order valence-corrected chi connectivity index (χ0v) is 17.2. The first-order chi connectivity index (χ1) is 13.5. The minimum atomic E-state index is 0.218. The standard InChI is InChI=1S/C21H30N6O/c1-13-16(14(2)26(3)25-13)7-8-18(28)27-11-17(21(12-27)9-4-10-21)20-22-19(23-24-20)15-5-6-15/h15,17H,4-12H2,1-3H3,(H,22,23,24). The summed E-state index contributed by atoms with van der Waals surface area (Å²) in [6, 6.07) is 0. The van der Waals surface area contributed by atoms with Crippen molar-refractivity contribution in [3.05, 3.63) is 28.6 Å². The third kappa shape index (κ3) is 2.86. The van der Waals surface area contributed by atoms with Gasteiger partial charge < -0.3 is 4.90 Å². The molecule has 3 fully saturated rings. The zero-order valence-electron chi connectivity index (χ0n) is 17.2. The fourth-order valence-electron chi connectivity index (χ4n) is 5.21. The Morgan fingerprint density at radius 2 is 2.07 bits per heavy atom. The molecule has 3 heterocycles. The molecule has 1 unspecified atom stereocenters. The predicted molar refractivity (Wildman–Crippen MR) is 105 cm³/mol. The Morgan fingerprint density at radius 1 is 1.29 bits per heavy atom. The van der Waals surface area contributed by atoms with Crippen molar-refractivity contribution in [3.8, 4) is 0 Å². The van der Waals surface area contributed by atoms with Crippen LogP contribution >= 0.6 is 0 Å². The fourth-order valence-corrected chi connectivity index (χ4v) is 5.21. The summed E-state index contributed by atoms with van der Waals surface area (Å²) in [5, 5.41) is 12.2. The minimum Gasteiger partial charge on any atom is -0.341 e. The van der Waals surface area contributed by atoms with Crippen LogP contribution < -0.4 is 0 Å². The van der Waals surface area contributed by atoms with Crippen molar-refractivity contribution < 1.29 is 4.79 Å². The SMILES string of the molecule is Cc1nn(C)c(C)c1CCC(=O)N1CC(c2nc(C3CC3)n[nH]2)C2(CCC2)C1. The summed E-state index contributed by atoms with van der Waals surface area (Å²) in [6.45, 7) is 5.77. The van der Waals surface area contributed by atoms with Crippen LogP contribution in [0.3, 0.4) is 0 Å². The normalized spacial score (nSPS) is 23.4. The molecule has 7 heteroatoms. The average Bonchev–Trinajstić information content (AvgIpc) is 3.13. The summed E-state index contributed by atoms with van der Waals surface area (Å²) in [5.74, 6) is 3.13. The lowest BCUT2D eigenvalue weighted by Gasteiger charge is -2.41. The second kappa shape index (κ2) is 6.42. The maximum Gasteiger partial charge on any atom is 0.222 e. The molecule has 7 nitrogen and oxygen atoms in total. The number of rotatable bonds is 5. The number of carbonyl (C=O) groups is 1. The highest BCUT2D eigenvalue weighted by atomic mass is 16.2. The van der Waals surface area contributed by atoms with Crippen molar-refractivity contribution in [2.75, 3.05) is 13.1 Å². The van der Waals surface area contributed by atoms with Crippen molar-refractivity contribution in [2.24, 2.45) is 12.5 Å². The summed E-state index contributed by atoms with van der Waals surface area (Å²) in [4.78, 5) is 19.9. The van der Waals surface area contributed by atoms with Crippen LogP contribution in [0.4, 0.5) is 0 Å². The maximum absolute atomic E-state index is 13.0. The molecular weight excluding hydrogens is 352 g/mol. The van der Waals surface area contributed by atoms with E-state index >= 15 is 0 Å². The molecule has 1 saturated heterocycles. The predicted octanol–water partition coefficient (Wildman–Crippen LogP) is 2.76. The number of aromatic nitrogens is 5. The Kier molecular flexibility index (Phi) is 4.10. The number of carbonyl (C=O) groups excluding carboxylic acids is 1. The molecule has 28 heavy (non-hydrogen) atoms. The summed E-state index contributed by atoms with van der Waals surface area (Å²) in [5.41, 5.74) is 3.64. The average molecular weight is 383 g/mol. The first-order valence-electron chi connectivity index (χ1n) is 10.7. The fraction of sp³-hybridized carbons (Fsp3) is 0.714. The monoisotopic (exact) mass is 382 g/mol. The first kappa shape index (κ1) is 17.9. The van der Waals surface area contributed by atoms with Gasteiger partial charge >= 0.3 is 0 Å². The van der Waals surface area contributed by atoms with Crippen LogP contribution in [0.2, 0.25) is 0 Å². The number of aromatic amines is 1. The minimum absolute atomic E-state index is 0.218. The Hall–Kier alpha value is -2.18. The van der Waals surface area contributed by atoms with Gasteiger partial charge in [-0.3, -0.25) is 14.6 Å². The summed E-state index contributed by atoms with van der Waals surface area (Å²) in [7, 11) is 1.96. The summed E-state index contributed by atoms with van der Waals surface area (Å²) >= 11 is 0. The van der Waals surface area contributed by atoms with Gasteiger partial charge in [-0.25, -0.2) is 4.98 Å². The van der Waals surface area contributed by atoms with E-state index in [0.717, 1.165) is 42.5 Å². The largest absolute Gasteiger partial charge is 0.341 e. The van der Waals surface area contributed by atoms with E-state index in [1.54, 1.807) is 0 Å². The van der Waals surface area contributed by atoms with Gasteiger partial charge in [0, 0.05) is 44.1 Å². The van der Waals surface area contributed by atoms with Crippen molar-refractivity contribution in [2.45, 2.75) is 70.6 Å². The van der Waals surface area contributed by atoms with Crippen molar-refractivity contribution in [1.82, 2.24) is 29.9 Å². The van der Waals surface area contributed by atoms with Crippen molar-refractivity contribution >= 4 is 5.91 Å². The van der Waals surface area contributed by atoms with E-state index in [-0.39, 0.29) is 11.3 Å². The molecule has 1 amide bonds. The molecule has 1 spiro atoms. The molecule has 0 bridgehead atoms. The van der Waals surface area contributed by atoms with Gasteiger partial charge in [0.15, 0.2) is 5.82 Å². The highest BCUT2D eigenvalue weighted by Gasteiger charge is 2.53. The van der Waals surface area contributed by atoms with E-state index in [1.807, 2.05) is 18.7 Å². The second-order valence-electron chi connectivity index (χ2n) is 9.17. The molecule has 0 aromatic carbocycles. The number of likely N-dealkylation sites (tertiary alicyclic amines) is 1. The highest BCUT2D eigenvalue weighted by molar-refractivity contribution is 5.77. The molecule has 2 saturated carbocycles.